The van der Waals surface area contributed by atoms with Crippen LogP contribution in [0.2, 0.25) is 0 Å². The molecule has 1 amide bonds. The maximum Gasteiger partial charge on any atom is 0.261 e. The summed E-state index contributed by atoms with van der Waals surface area (Å²) in [5, 5.41) is 3.46. The van der Waals surface area contributed by atoms with Gasteiger partial charge in [-0.2, -0.15) is 0 Å². The van der Waals surface area contributed by atoms with Crippen LogP contribution >= 0.6 is 11.8 Å². The molecule has 25 heavy (non-hydrogen) atoms. The van der Waals surface area contributed by atoms with Gasteiger partial charge in [-0.05, 0) is 24.3 Å². The van der Waals surface area contributed by atoms with Gasteiger partial charge < -0.3 is 5.32 Å². The normalized spacial score (nSPS) is 10.7. The second-order valence-electron chi connectivity index (χ2n) is 5.52. The number of carbonyl (C=O) groups excluding carboxylic acids is 1. The molecule has 1 aromatic heterocycles. The van der Waals surface area contributed by atoms with Crippen molar-refractivity contribution < 1.29 is 4.79 Å². The van der Waals surface area contributed by atoms with E-state index >= 15 is 0 Å². The molecule has 0 atom stereocenters. The van der Waals surface area contributed by atoms with E-state index in [1.54, 1.807) is 23.9 Å². The van der Waals surface area contributed by atoms with Crippen LogP contribution < -0.4 is 10.9 Å². The molecule has 1 N–H and O–H groups in total. The Morgan fingerprint density at radius 1 is 1.08 bits per heavy atom. The number of nitrogens with zero attached hydrogens (tertiary/aromatic N) is 2. The minimum Gasteiger partial charge on any atom is -0.355 e. The lowest BCUT2D eigenvalue weighted by Gasteiger charge is -2.08. The summed E-state index contributed by atoms with van der Waals surface area (Å²) in [6, 6.07) is 17.3. The molecule has 2 aromatic carbocycles. The predicted molar refractivity (Wildman–Crippen MR) is 101 cm³/mol. The standard InChI is InChI=1S/C19H19N3O2S/c23-18(20-11-13-25-15-6-2-1-3-7-15)10-12-22-14-21-17-9-5-4-8-16(17)19(22)24/h1-9,14H,10-13H2,(H,20,23). The van der Waals surface area contributed by atoms with Gasteiger partial charge >= 0.3 is 0 Å². The third-order valence-corrected chi connectivity index (χ3v) is 4.76. The first kappa shape index (κ1) is 17.2. The molecular weight excluding hydrogens is 334 g/mol. The summed E-state index contributed by atoms with van der Waals surface area (Å²) in [5.74, 6) is 0.751. The number of hydrogen-bond donors (Lipinski definition) is 1. The highest BCUT2D eigenvalue weighted by atomic mass is 32.2. The number of fused-ring (bicyclic) bond motifs is 1. The van der Waals surface area contributed by atoms with Crippen molar-refractivity contribution in [1.29, 1.82) is 0 Å². The number of para-hydroxylation sites is 1. The Morgan fingerprint density at radius 3 is 2.68 bits per heavy atom. The number of amides is 1. The van der Waals surface area contributed by atoms with Gasteiger partial charge in [-0.1, -0.05) is 30.3 Å². The largest absolute Gasteiger partial charge is 0.355 e. The molecule has 0 aliphatic rings. The van der Waals surface area contributed by atoms with Crippen LogP contribution in [0, 0.1) is 0 Å². The molecule has 6 heteroatoms. The van der Waals surface area contributed by atoms with Crippen molar-refractivity contribution in [2.45, 2.75) is 17.9 Å². The van der Waals surface area contributed by atoms with Gasteiger partial charge in [-0.3, -0.25) is 14.2 Å². The maximum absolute atomic E-state index is 12.3. The topological polar surface area (TPSA) is 64.0 Å². The summed E-state index contributed by atoms with van der Waals surface area (Å²) in [5.41, 5.74) is 0.559. The van der Waals surface area contributed by atoms with E-state index in [-0.39, 0.29) is 17.9 Å². The summed E-state index contributed by atoms with van der Waals surface area (Å²) in [4.78, 5) is 29.7. The average Bonchev–Trinajstić information content (AvgIpc) is 2.66. The summed E-state index contributed by atoms with van der Waals surface area (Å²) in [6.07, 6.45) is 1.76. The van der Waals surface area contributed by atoms with Crippen LogP contribution in [0.25, 0.3) is 10.9 Å². The molecule has 0 unspecified atom stereocenters. The third kappa shape index (κ3) is 4.70. The van der Waals surface area contributed by atoms with E-state index in [1.807, 2.05) is 42.5 Å². The van der Waals surface area contributed by atoms with E-state index in [2.05, 4.69) is 10.3 Å². The van der Waals surface area contributed by atoms with E-state index < -0.39 is 0 Å². The summed E-state index contributed by atoms with van der Waals surface area (Å²) >= 11 is 1.70. The van der Waals surface area contributed by atoms with Crippen molar-refractivity contribution in [3.05, 3.63) is 71.3 Å². The van der Waals surface area contributed by atoms with E-state index in [9.17, 15) is 9.59 Å². The number of aryl methyl sites for hydroxylation is 1. The molecule has 0 saturated carbocycles. The zero-order valence-electron chi connectivity index (χ0n) is 13.7. The van der Waals surface area contributed by atoms with Gasteiger partial charge in [0.25, 0.3) is 5.56 Å². The van der Waals surface area contributed by atoms with Crippen LogP contribution in [-0.4, -0.2) is 27.8 Å². The van der Waals surface area contributed by atoms with Crippen molar-refractivity contribution in [2.24, 2.45) is 0 Å². The molecular formula is C19H19N3O2S. The fourth-order valence-electron chi connectivity index (χ4n) is 2.45. The van der Waals surface area contributed by atoms with Gasteiger partial charge in [-0.25, -0.2) is 4.98 Å². The molecule has 0 spiro atoms. The number of hydrogen-bond acceptors (Lipinski definition) is 4. The Morgan fingerprint density at radius 2 is 1.84 bits per heavy atom. The van der Waals surface area contributed by atoms with Gasteiger partial charge in [0.05, 0.1) is 17.2 Å². The molecule has 1 heterocycles. The molecule has 3 rings (SSSR count). The van der Waals surface area contributed by atoms with E-state index in [0.29, 0.717) is 24.0 Å². The van der Waals surface area contributed by atoms with Gasteiger partial charge in [0.2, 0.25) is 5.91 Å². The van der Waals surface area contributed by atoms with E-state index in [1.165, 1.54) is 15.8 Å². The highest BCUT2D eigenvalue weighted by molar-refractivity contribution is 7.99. The Balaban J connectivity index is 1.46. The number of rotatable bonds is 7. The summed E-state index contributed by atoms with van der Waals surface area (Å²) in [7, 11) is 0. The predicted octanol–water partition coefficient (Wildman–Crippen LogP) is 2.70. The molecule has 0 bridgehead atoms. The van der Waals surface area contributed by atoms with Crippen LogP contribution in [0.15, 0.2) is 70.6 Å². The van der Waals surface area contributed by atoms with Gasteiger partial charge in [0.15, 0.2) is 0 Å². The number of carbonyl (C=O) groups is 1. The number of benzene rings is 2. The molecule has 0 fully saturated rings. The van der Waals surface area contributed by atoms with Gasteiger partial charge in [0, 0.05) is 30.2 Å². The van der Waals surface area contributed by atoms with Crippen molar-refractivity contribution in [3.63, 3.8) is 0 Å². The highest BCUT2D eigenvalue weighted by Gasteiger charge is 2.06. The zero-order chi connectivity index (χ0) is 17.5. The monoisotopic (exact) mass is 353 g/mol. The second kappa shape index (κ2) is 8.48. The number of nitrogens with one attached hydrogen (secondary N) is 1. The van der Waals surface area contributed by atoms with Crippen LogP contribution in [-0.2, 0) is 11.3 Å². The van der Waals surface area contributed by atoms with Crippen molar-refractivity contribution in [3.8, 4) is 0 Å². The van der Waals surface area contributed by atoms with Crippen molar-refractivity contribution in [1.82, 2.24) is 14.9 Å². The Labute approximate surface area is 150 Å². The summed E-state index contributed by atoms with van der Waals surface area (Å²) < 4.78 is 1.49. The van der Waals surface area contributed by atoms with Crippen LogP contribution in [0.1, 0.15) is 6.42 Å². The van der Waals surface area contributed by atoms with Crippen LogP contribution in [0.3, 0.4) is 0 Å². The average molecular weight is 353 g/mol. The van der Waals surface area contributed by atoms with E-state index in [0.717, 1.165) is 5.75 Å². The first-order valence-corrected chi connectivity index (χ1v) is 9.11. The van der Waals surface area contributed by atoms with Crippen LogP contribution in [0.4, 0.5) is 0 Å². The number of thioether (sulfide) groups is 1. The molecule has 128 valence electrons. The third-order valence-electron chi connectivity index (χ3n) is 3.75. The molecule has 0 aliphatic carbocycles. The molecule has 0 aliphatic heterocycles. The van der Waals surface area contributed by atoms with E-state index in [4.69, 9.17) is 0 Å². The fourth-order valence-corrected chi connectivity index (χ4v) is 3.24. The lowest BCUT2D eigenvalue weighted by molar-refractivity contribution is -0.121. The molecule has 3 aromatic rings. The minimum absolute atomic E-state index is 0.0614. The summed E-state index contributed by atoms with van der Waals surface area (Å²) in [6.45, 7) is 0.928. The molecule has 5 nitrogen and oxygen atoms in total. The van der Waals surface area contributed by atoms with Crippen molar-refractivity contribution in [2.75, 3.05) is 12.3 Å². The highest BCUT2D eigenvalue weighted by Crippen LogP contribution is 2.15. The first-order chi connectivity index (χ1) is 12.2. The quantitative estimate of drug-likeness (QED) is 0.524. The second-order valence-corrected chi connectivity index (χ2v) is 6.69. The zero-order valence-corrected chi connectivity index (χ0v) is 14.5. The lowest BCUT2D eigenvalue weighted by Crippen LogP contribution is -2.29. The van der Waals surface area contributed by atoms with Gasteiger partial charge in [0.1, 0.15) is 0 Å². The smallest absolute Gasteiger partial charge is 0.261 e. The van der Waals surface area contributed by atoms with Crippen molar-refractivity contribution >= 4 is 28.6 Å². The SMILES string of the molecule is O=C(CCn1cnc2ccccc2c1=O)NCCSc1ccccc1. The Bertz CT molecular complexity index is 909. The minimum atomic E-state index is -0.113. The fraction of sp³-hybridized carbons (Fsp3) is 0.211. The first-order valence-electron chi connectivity index (χ1n) is 8.13. The number of aromatic nitrogens is 2. The molecule has 0 saturated heterocycles. The Hall–Kier alpha value is -2.60. The maximum atomic E-state index is 12.3. The van der Waals surface area contributed by atoms with Crippen LogP contribution in [0.5, 0.6) is 0 Å². The van der Waals surface area contributed by atoms with Gasteiger partial charge in [-0.15, -0.1) is 11.8 Å². The molecule has 0 radical (unpaired) electrons. The lowest BCUT2D eigenvalue weighted by atomic mass is 10.2. The Kier molecular flexibility index (Phi) is 5.85.